The van der Waals surface area contributed by atoms with Crippen LogP contribution >= 0.6 is 11.8 Å². The van der Waals surface area contributed by atoms with E-state index in [1.165, 1.54) is 0 Å². The van der Waals surface area contributed by atoms with Crippen LogP contribution in [0, 0.1) is 11.3 Å². The van der Waals surface area contributed by atoms with Gasteiger partial charge < -0.3 is 5.32 Å². The smallest absolute Gasteiger partial charge is 0.229 e. The first-order chi connectivity index (χ1) is 7.83. The van der Waals surface area contributed by atoms with Gasteiger partial charge in [-0.3, -0.25) is 10.1 Å². The molecular weight excluding hydrogens is 234 g/mol. The second-order valence-corrected chi connectivity index (χ2v) is 6.17. The van der Waals surface area contributed by atoms with Crippen molar-refractivity contribution in [2.45, 2.75) is 50.9 Å². The topological polar surface area (TPSA) is 64.9 Å². The standard InChI is InChI=1S/C12H23N3OS/c1-9(2)15-12(4,8-13)6-10(3)17-7-11(16)14-5/h9-10,15H,6-7H2,1-5H3,(H,14,16). The third-order valence-electron chi connectivity index (χ3n) is 2.33. The Balaban J connectivity index is 4.19. The van der Waals surface area contributed by atoms with E-state index in [0.717, 1.165) is 6.42 Å². The highest BCUT2D eigenvalue weighted by molar-refractivity contribution is 8.00. The highest BCUT2D eigenvalue weighted by Crippen LogP contribution is 2.21. The number of thioether (sulfide) groups is 1. The average Bonchev–Trinajstić information content (AvgIpc) is 2.24. The molecule has 98 valence electrons. The summed E-state index contributed by atoms with van der Waals surface area (Å²) in [6.07, 6.45) is 0.726. The molecule has 0 spiro atoms. The maximum Gasteiger partial charge on any atom is 0.229 e. The van der Waals surface area contributed by atoms with Crippen molar-refractivity contribution < 1.29 is 4.79 Å². The van der Waals surface area contributed by atoms with E-state index in [0.29, 0.717) is 5.75 Å². The molecular formula is C12H23N3OS. The summed E-state index contributed by atoms with van der Waals surface area (Å²) in [7, 11) is 1.63. The van der Waals surface area contributed by atoms with Gasteiger partial charge in [0.2, 0.25) is 5.91 Å². The molecule has 2 N–H and O–H groups in total. The van der Waals surface area contributed by atoms with Crippen LogP contribution in [0.2, 0.25) is 0 Å². The van der Waals surface area contributed by atoms with Crippen molar-refractivity contribution in [1.82, 2.24) is 10.6 Å². The molecule has 0 aliphatic rings. The molecule has 0 rings (SSSR count). The molecule has 4 nitrogen and oxygen atoms in total. The predicted octanol–water partition coefficient (Wildman–Crippen LogP) is 1.52. The minimum absolute atomic E-state index is 0.0253. The fraction of sp³-hybridized carbons (Fsp3) is 0.833. The van der Waals surface area contributed by atoms with E-state index in [1.54, 1.807) is 18.8 Å². The number of amides is 1. The Kier molecular flexibility index (Phi) is 7.24. The van der Waals surface area contributed by atoms with Crippen LogP contribution in [0.1, 0.15) is 34.1 Å². The molecule has 1 amide bonds. The average molecular weight is 257 g/mol. The van der Waals surface area contributed by atoms with Crippen molar-refractivity contribution in [3.63, 3.8) is 0 Å². The normalized spacial score (nSPS) is 16.1. The summed E-state index contributed by atoms with van der Waals surface area (Å²) < 4.78 is 0. The number of rotatable bonds is 7. The first-order valence-corrected chi connectivity index (χ1v) is 6.89. The van der Waals surface area contributed by atoms with E-state index in [4.69, 9.17) is 0 Å². The maximum atomic E-state index is 11.1. The van der Waals surface area contributed by atoms with Crippen LogP contribution in [0.15, 0.2) is 0 Å². The van der Waals surface area contributed by atoms with E-state index < -0.39 is 5.54 Å². The Morgan fingerprint density at radius 3 is 2.47 bits per heavy atom. The largest absolute Gasteiger partial charge is 0.358 e. The second-order valence-electron chi connectivity index (χ2n) is 4.74. The third kappa shape index (κ3) is 7.24. The molecule has 0 bridgehead atoms. The van der Waals surface area contributed by atoms with Gasteiger partial charge in [-0.05, 0) is 27.2 Å². The molecule has 0 aromatic rings. The summed E-state index contributed by atoms with van der Waals surface area (Å²) in [4.78, 5) is 11.1. The van der Waals surface area contributed by atoms with Gasteiger partial charge in [-0.1, -0.05) is 6.92 Å². The van der Waals surface area contributed by atoms with Gasteiger partial charge in [-0.25, -0.2) is 0 Å². The fourth-order valence-corrected chi connectivity index (χ4v) is 2.73. The third-order valence-corrected chi connectivity index (χ3v) is 3.49. The molecule has 0 fully saturated rings. The highest BCUT2D eigenvalue weighted by Gasteiger charge is 2.27. The number of carbonyl (C=O) groups is 1. The molecule has 0 aliphatic heterocycles. The van der Waals surface area contributed by atoms with E-state index in [2.05, 4.69) is 16.7 Å². The number of nitrogens with zero attached hydrogens (tertiary/aromatic N) is 1. The van der Waals surface area contributed by atoms with Crippen molar-refractivity contribution in [3.8, 4) is 6.07 Å². The monoisotopic (exact) mass is 257 g/mol. The Morgan fingerprint density at radius 2 is 2.06 bits per heavy atom. The van der Waals surface area contributed by atoms with Crippen LogP contribution in [-0.2, 0) is 4.79 Å². The van der Waals surface area contributed by atoms with Gasteiger partial charge in [0.05, 0.1) is 11.8 Å². The molecule has 0 heterocycles. The van der Waals surface area contributed by atoms with Crippen molar-refractivity contribution in [2.24, 2.45) is 0 Å². The minimum atomic E-state index is -0.525. The Morgan fingerprint density at radius 1 is 1.47 bits per heavy atom. The first kappa shape index (κ1) is 16.3. The van der Waals surface area contributed by atoms with Crippen molar-refractivity contribution in [1.29, 1.82) is 5.26 Å². The lowest BCUT2D eigenvalue weighted by atomic mass is 9.97. The zero-order chi connectivity index (χ0) is 13.5. The van der Waals surface area contributed by atoms with Crippen LogP contribution < -0.4 is 10.6 Å². The molecule has 0 aromatic carbocycles. The Hall–Kier alpha value is -0.730. The quantitative estimate of drug-likeness (QED) is 0.726. The molecule has 5 heteroatoms. The van der Waals surface area contributed by atoms with Crippen LogP contribution in [0.25, 0.3) is 0 Å². The lowest BCUT2D eigenvalue weighted by Gasteiger charge is -2.28. The van der Waals surface area contributed by atoms with Crippen molar-refractivity contribution in [2.75, 3.05) is 12.8 Å². The van der Waals surface area contributed by atoms with Gasteiger partial charge in [0.25, 0.3) is 0 Å². The van der Waals surface area contributed by atoms with Gasteiger partial charge in [0, 0.05) is 18.3 Å². The number of nitrogens with one attached hydrogen (secondary N) is 2. The fourth-order valence-electron chi connectivity index (χ4n) is 1.70. The van der Waals surface area contributed by atoms with E-state index in [9.17, 15) is 10.1 Å². The Labute approximate surface area is 109 Å². The zero-order valence-corrected chi connectivity index (χ0v) is 12.1. The summed E-state index contributed by atoms with van der Waals surface area (Å²) >= 11 is 1.58. The molecule has 0 aliphatic carbocycles. The van der Waals surface area contributed by atoms with E-state index in [1.807, 2.05) is 27.7 Å². The van der Waals surface area contributed by atoms with Gasteiger partial charge in [-0.2, -0.15) is 5.26 Å². The number of carbonyl (C=O) groups excluding carboxylic acids is 1. The lowest BCUT2D eigenvalue weighted by molar-refractivity contribution is -0.118. The summed E-state index contributed by atoms with van der Waals surface area (Å²) in [5.41, 5.74) is -0.525. The van der Waals surface area contributed by atoms with Crippen molar-refractivity contribution >= 4 is 17.7 Å². The van der Waals surface area contributed by atoms with E-state index in [-0.39, 0.29) is 17.2 Å². The van der Waals surface area contributed by atoms with E-state index >= 15 is 0 Å². The molecule has 17 heavy (non-hydrogen) atoms. The van der Waals surface area contributed by atoms with Crippen LogP contribution in [0.3, 0.4) is 0 Å². The molecule has 0 saturated carbocycles. The van der Waals surface area contributed by atoms with Gasteiger partial charge in [0.1, 0.15) is 5.54 Å². The predicted molar refractivity (Wildman–Crippen MR) is 72.9 cm³/mol. The van der Waals surface area contributed by atoms with Crippen molar-refractivity contribution in [3.05, 3.63) is 0 Å². The molecule has 0 radical (unpaired) electrons. The number of nitriles is 1. The van der Waals surface area contributed by atoms with Crippen LogP contribution in [0.4, 0.5) is 0 Å². The first-order valence-electron chi connectivity index (χ1n) is 5.84. The molecule has 0 aromatic heterocycles. The van der Waals surface area contributed by atoms with Crippen LogP contribution in [0.5, 0.6) is 0 Å². The summed E-state index contributed by atoms with van der Waals surface area (Å²) in [5.74, 6) is 0.471. The Bertz CT molecular complexity index is 288. The molecule has 2 unspecified atom stereocenters. The van der Waals surface area contributed by atoms with Gasteiger partial charge >= 0.3 is 0 Å². The minimum Gasteiger partial charge on any atom is -0.358 e. The summed E-state index contributed by atoms with van der Waals surface area (Å²) in [6.45, 7) is 8.00. The van der Waals surface area contributed by atoms with Gasteiger partial charge in [-0.15, -0.1) is 11.8 Å². The van der Waals surface area contributed by atoms with Crippen LogP contribution in [-0.4, -0.2) is 35.5 Å². The molecule has 0 saturated heterocycles. The summed E-state index contributed by atoms with van der Waals surface area (Å²) in [6, 6.07) is 2.59. The SMILES string of the molecule is CNC(=O)CSC(C)CC(C)(C#N)NC(C)C. The number of hydrogen-bond acceptors (Lipinski definition) is 4. The summed E-state index contributed by atoms with van der Waals surface area (Å²) in [5, 5.41) is 15.3. The number of hydrogen-bond donors (Lipinski definition) is 2. The second kappa shape index (κ2) is 7.57. The zero-order valence-electron chi connectivity index (χ0n) is 11.3. The lowest BCUT2D eigenvalue weighted by Crippen LogP contribution is -2.46. The molecule has 2 atom stereocenters. The van der Waals surface area contributed by atoms with Gasteiger partial charge in [0.15, 0.2) is 0 Å². The maximum absolute atomic E-state index is 11.1. The highest BCUT2D eigenvalue weighted by atomic mass is 32.2.